The fourth-order valence-electron chi connectivity index (χ4n) is 6.24. The quantitative estimate of drug-likeness (QED) is 0.657. The molecular weight excluding hydrogens is 398 g/mol. The van der Waals surface area contributed by atoms with Crippen LogP contribution in [-0.2, 0) is 15.1 Å². The van der Waals surface area contributed by atoms with Gasteiger partial charge < -0.3 is 14.8 Å². The zero-order valence-corrected chi connectivity index (χ0v) is 18.7. The molecule has 5 heteroatoms. The van der Waals surface area contributed by atoms with Crippen LogP contribution in [0.2, 0.25) is 0 Å². The summed E-state index contributed by atoms with van der Waals surface area (Å²) < 4.78 is 0. The lowest BCUT2D eigenvalue weighted by Gasteiger charge is -2.52. The summed E-state index contributed by atoms with van der Waals surface area (Å²) in [7, 11) is 0. The minimum atomic E-state index is -0.993. The number of nitrogens with one attached hydrogen (secondary N) is 1. The fourth-order valence-corrected chi connectivity index (χ4v) is 6.24. The number of benzene rings is 2. The van der Waals surface area contributed by atoms with Crippen molar-refractivity contribution in [3.63, 3.8) is 0 Å². The smallest absolute Gasteiger partial charge is 0.255 e. The van der Waals surface area contributed by atoms with Crippen molar-refractivity contribution in [2.45, 2.75) is 57.0 Å². The summed E-state index contributed by atoms with van der Waals surface area (Å²) in [6.45, 7) is 4.77. The van der Waals surface area contributed by atoms with Crippen LogP contribution in [0.25, 0.3) is 10.9 Å². The highest BCUT2D eigenvalue weighted by Gasteiger charge is 2.57. The van der Waals surface area contributed by atoms with Gasteiger partial charge in [0.1, 0.15) is 6.54 Å². The Balaban J connectivity index is 1.56. The van der Waals surface area contributed by atoms with Gasteiger partial charge in [-0.3, -0.25) is 9.59 Å². The van der Waals surface area contributed by atoms with Gasteiger partial charge in [0, 0.05) is 29.4 Å². The highest BCUT2D eigenvalue weighted by Crippen LogP contribution is 2.48. The lowest BCUT2D eigenvalue weighted by Crippen LogP contribution is -2.68. The number of rotatable bonds is 2. The average molecular weight is 428 g/mol. The van der Waals surface area contributed by atoms with Gasteiger partial charge in [-0.1, -0.05) is 60.9 Å². The number of amides is 2. The van der Waals surface area contributed by atoms with Gasteiger partial charge in [0.25, 0.3) is 5.91 Å². The minimum Gasteiger partial charge on any atom is -0.356 e. The Kier molecular flexibility index (Phi) is 4.26. The number of fused-ring (bicyclic) bond motifs is 5. The maximum atomic E-state index is 14.1. The Morgan fingerprint density at radius 2 is 1.72 bits per heavy atom. The molecule has 1 saturated heterocycles. The molecule has 2 aromatic carbocycles. The molecule has 3 heterocycles. The number of nitrogens with zero attached hydrogens (tertiary/aromatic N) is 2. The van der Waals surface area contributed by atoms with Crippen LogP contribution < -0.4 is 0 Å². The first-order valence-electron chi connectivity index (χ1n) is 11.8. The molecule has 3 aliphatic rings. The van der Waals surface area contributed by atoms with E-state index in [0.29, 0.717) is 6.54 Å². The van der Waals surface area contributed by atoms with E-state index in [-0.39, 0.29) is 30.3 Å². The SMILES string of the molecule is Cc1ccc([C@@H]2CN3C(=O)CN(C4CCCC4)C(=O)[C@@]3(C)c3[nH]c4ccccc4c32)cc1. The van der Waals surface area contributed by atoms with E-state index in [2.05, 4.69) is 54.4 Å². The molecule has 2 fully saturated rings. The van der Waals surface area contributed by atoms with Crippen molar-refractivity contribution in [1.29, 1.82) is 0 Å². The summed E-state index contributed by atoms with van der Waals surface area (Å²) >= 11 is 0. The van der Waals surface area contributed by atoms with Gasteiger partial charge in [-0.15, -0.1) is 0 Å². The predicted molar refractivity (Wildman–Crippen MR) is 124 cm³/mol. The van der Waals surface area contributed by atoms with Crippen molar-refractivity contribution in [2.24, 2.45) is 0 Å². The first-order valence-corrected chi connectivity index (χ1v) is 11.8. The van der Waals surface area contributed by atoms with E-state index in [0.717, 1.165) is 47.8 Å². The molecule has 2 aliphatic heterocycles. The summed E-state index contributed by atoms with van der Waals surface area (Å²) in [5.74, 6) is 0.157. The highest BCUT2D eigenvalue weighted by molar-refractivity contribution is 6.01. The molecule has 6 rings (SSSR count). The van der Waals surface area contributed by atoms with Crippen molar-refractivity contribution < 1.29 is 9.59 Å². The molecule has 1 aliphatic carbocycles. The van der Waals surface area contributed by atoms with Crippen LogP contribution >= 0.6 is 0 Å². The predicted octanol–water partition coefficient (Wildman–Crippen LogP) is 4.45. The number of H-pyrrole nitrogens is 1. The number of piperazine rings is 1. The lowest BCUT2D eigenvalue weighted by molar-refractivity contribution is -0.168. The van der Waals surface area contributed by atoms with Crippen molar-refractivity contribution >= 4 is 22.7 Å². The number of carbonyl (C=O) groups excluding carboxylic acids is 2. The fraction of sp³-hybridized carbons (Fsp3) is 0.407. The van der Waals surface area contributed by atoms with E-state index >= 15 is 0 Å². The van der Waals surface area contributed by atoms with Crippen LogP contribution in [0.1, 0.15) is 60.9 Å². The van der Waals surface area contributed by atoms with Crippen molar-refractivity contribution in [3.8, 4) is 0 Å². The molecule has 0 radical (unpaired) electrons. The zero-order valence-electron chi connectivity index (χ0n) is 18.7. The zero-order chi connectivity index (χ0) is 22.0. The number of hydrogen-bond donors (Lipinski definition) is 1. The Morgan fingerprint density at radius 3 is 2.47 bits per heavy atom. The molecule has 1 saturated carbocycles. The second-order valence-electron chi connectivity index (χ2n) is 9.87. The van der Waals surface area contributed by atoms with Gasteiger partial charge >= 0.3 is 0 Å². The second-order valence-corrected chi connectivity index (χ2v) is 9.87. The molecule has 32 heavy (non-hydrogen) atoms. The molecule has 1 aromatic heterocycles. The average Bonchev–Trinajstić information content (AvgIpc) is 3.46. The number of aromatic amines is 1. The minimum absolute atomic E-state index is 0.0320. The van der Waals surface area contributed by atoms with Crippen LogP contribution in [0.5, 0.6) is 0 Å². The maximum Gasteiger partial charge on any atom is 0.255 e. The van der Waals surface area contributed by atoms with E-state index in [1.807, 2.05) is 22.8 Å². The van der Waals surface area contributed by atoms with Gasteiger partial charge in [-0.2, -0.15) is 0 Å². The molecule has 5 nitrogen and oxygen atoms in total. The number of aryl methyl sites for hydroxylation is 1. The van der Waals surface area contributed by atoms with Gasteiger partial charge in [0.15, 0.2) is 5.54 Å². The molecule has 0 bridgehead atoms. The van der Waals surface area contributed by atoms with E-state index in [1.54, 1.807) is 0 Å². The van der Waals surface area contributed by atoms with Gasteiger partial charge in [0.05, 0.1) is 5.69 Å². The Hall–Kier alpha value is -3.08. The molecule has 2 amide bonds. The Labute approximate surface area is 188 Å². The number of aromatic nitrogens is 1. The van der Waals surface area contributed by atoms with E-state index in [1.165, 1.54) is 11.1 Å². The number of para-hydroxylation sites is 1. The molecule has 164 valence electrons. The Bertz CT molecular complexity index is 1220. The molecular formula is C27H29N3O2. The first kappa shape index (κ1) is 19.6. The van der Waals surface area contributed by atoms with Crippen molar-refractivity contribution in [2.75, 3.05) is 13.1 Å². The van der Waals surface area contributed by atoms with Gasteiger partial charge in [-0.25, -0.2) is 0 Å². The topological polar surface area (TPSA) is 56.4 Å². The van der Waals surface area contributed by atoms with E-state index < -0.39 is 5.54 Å². The number of carbonyl (C=O) groups is 2. The summed E-state index contributed by atoms with van der Waals surface area (Å²) in [6, 6.07) is 17.0. The van der Waals surface area contributed by atoms with Crippen LogP contribution in [0.4, 0.5) is 0 Å². The van der Waals surface area contributed by atoms with Crippen molar-refractivity contribution in [3.05, 3.63) is 70.9 Å². The summed E-state index contributed by atoms with van der Waals surface area (Å²) in [5.41, 5.74) is 4.48. The van der Waals surface area contributed by atoms with E-state index in [9.17, 15) is 9.59 Å². The summed E-state index contributed by atoms with van der Waals surface area (Å²) in [6.07, 6.45) is 4.27. The second kappa shape index (κ2) is 6.96. The van der Waals surface area contributed by atoms with Crippen LogP contribution in [0.15, 0.2) is 48.5 Å². The monoisotopic (exact) mass is 427 g/mol. The van der Waals surface area contributed by atoms with Gasteiger partial charge in [-0.05, 0) is 43.9 Å². The first-order chi connectivity index (χ1) is 15.5. The molecule has 3 aromatic rings. The third-order valence-electron chi connectivity index (χ3n) is 8.02. The molecule has 0 spiro atoms. The highest BCUT2D eigenvalue weighted by atomic mass is 16.2. The molecule has 0 unspecified atom stereocenters. The van der Waals surface area contributed by atoms with Crippen LogP contribution in [0, 0.1) is 6.92 Å². The van der Waals surface area contributed by atoms with Crippen molar-refractivity contribution in [1.82, 2.24) is 14.8 Å². The summed E-state index contributed by atoms with van der Waals surface area (Å²) in [5, 5.41) is 1.15. The largest absolute Gasteiger partial charge is 0.356 e. The Morgan fingerprint density at radius 1 is 1.00 bits per heavy atom. The van der Waals surface area contributed by atoms with Gasteiger partial charge in [0.2, 0.25) is 5.91 Å². The number of hydrogen-bond acceptors (Lipinski definition) is 2. The maximum absolute atomic E-state index is 14.1. The molecule has 2 atom stereocenters. The lowest BCUT2D eigenvalue weighted by atomic mass is 9.76. The van der Waals surface area contributed by atoms with Crippen LogP contribution in [0.3, 0.4) is 0 Å². The third-order valence-corrected chi connectivity index (χ3v) is 8.02. The normalized spacial score (nSPS) is 26.0. The standard InChI is InChI=1S/C27H29N3O2/c1-17-11-13-18(14-12-17)21-15-30-23(31)16-29(19-7-3-4-8-19)26(32)27(30,2)25-24(21)20-9-5-6-10-22(20)28-25/h5-6,9-14,19,21,28H,3-4,7-8,15-16H2,1-2H3/t21-,27+/m0/s1. The molecule has 1 N–H and O–H groups in total. The third kappa shape index (κ3) is 2.63. The van der Waals surface area contributed by atoms with Crippen LogP contribution in [-0.4, -0.2) is 45.7 Å². The van der Waals surface area contributed by atoms with E-state index in [4.69, 9.17) is 0 Å². The summed E-state index contributed by atoms with van der Waals surface area (Å²) in [4.78, 5) is 34.9.